The second-order valence-electron chi connectivity index (χ2n) is 12.1. The SMILES string of the molecule is CCn1c(N)c(C(=O)NC)c(=O)c2ccc(C#CC(O)C3CC3)nc21.CCn1c(N)c(C(=O)NC)c(=O)c2ccc(C#CC3(O)CCC3)nc21. The van der Waals surface area contributed by atoms with Gasteiger partial charge < -0.3 is 41.4 Å². The molecule has 8 N–H and O–H groups in total. The van der Waals surface area contributed by atoms with Crippen molar-refractivity contribution in [3.05, 3.63) is 67.2 Å². The number of amides is 2. The minimum Gasteiger partial charge on any atom is -0.384 e. The third-order valence-corrected chi connectivity index (χ3v) is 8.86. The van der Waals surface area contributed by atoms with Crippen molar-refractivity contribution < 1.29 is 19.8 Å². The van der Waals surface area contributed by atoms with Crippen LogP contribution in [-0.2, 0) is 13.1 Å². The molecule has 14 heteroatoms. The molecule has 1 unspecified atom stereocenters. The number of aliphatic hydroxyl groups excluding tert-OH is 1. The predicted molar refractivity (Wildman–Crippen MR) is 190 cm³/mol. The Kier molecular flexibility index (Phi) is 10.3. The molecule has 2 aliphatic carbocycles. The van der Waals surface area contributed by atoms with Crippen LogP contribution in [0.1, 0.15) is 78.1 Å². The van der Waals surface area contributed by atoms with Crippen LogP contribution < -0.4 is 33.0 Å². The number of nitrogen functional groups attached to an aromatic ring is 2. The summed E-state index contributed by atoms with van der Waals surface area (Å²) in [7, 11) is 2.90. The molecule has 2 saturated carbocycles. The fraction of sp³-hybridized carbons (Fsp3) is 0.389. The van der Waals surface area contributed by atoms with E-state index >= 15 is 0 Å². The lowest BCUT2D eigenvalue weighted by molar-refractivity contribution is 0.0239. The lowest BCUT2D eigenvalue weighted by Crippen LogP contribution is -2.34. The van der Waals surface area contributed by atoms with Gasteiger partial charge in [0, 0.05) is 27.2 Å². The van der Waals surface area contributed by atoms with E-state index in [0.717, 1.165) is 19.3 Å². The zero-order valence-electron chi connectivity index (χ0n) is 28.4. The van der Waals surface area contributed by atoms with Crippen molar-refractivity contribution in [3.63, 3.8) is 0 Å². The molecular formula is C36H40N8O6. The van der Waals surface area contributed by atoms with Crippen LogP contribution >= 0.6 is 0 Å². The van der Waals surface area contributed by atoms with E-state index in [4.69, 9.17) is 11.5 Å². The van der Waals surface area contributed by atoms with Crippen LogP contribution in [0.2, 0.25) is 0 Å². The lowest BCUT2D eigenvalue weighted by Gasteiger charge is -2.30. The lowest BCUT2D eigenvalue weighted by atomic mass is 9.81. The molecule has 4 aromatic heterocycles. The molecule has 14 nitrogen and oxygen atoms in total. The van der Waals surface area contributed by atoms with Crippen molar-refractivity contribution in [3.8, 4) is 23.7 Å². The molecule has 1 atom stereocenters. The Bertz CT molecular complexity index is 2260. The first-order valence-corrected chi connectivity index (χ1v) is 16.4. The normalized spacial score (nSPS) is 14.9. The second kappa shape index (κ2) is 14.4. The van der Waals surface area contributed by atoms with Gasteiger partial charge in [-0.15, -0.1) is 0 Å². The third-order valence-electron chi connectivity index (χ3n) is 8.86. The molecule has 0 radical (unpaired) electrons. The number of nitrogens with one attached hydrogen (secondary N) is 2. The van der Waals surface area contributed by atoms with Crippen LogP contribution in [-0.4, -0.2) is 66.9 Å². The monoisotopic (exact) mass is 680 g/mol. The van der Waals surface area contributed by atoms with Gasteiger partial charge in [0.05, 0.1) is 10.8 Å². The highest BCUT2D eigenvalue weighted by molar-refractivity contribution is 6.02. The zero-order chi connectivity index (χ0) is 36.3. The van der Waals surface area contributed by atoms with E-state index in [9.17, 15) is 29.4 Å². The van der Waals surface area contributed by atoms with Crippen LogP contribution in [0.5, 0.6) is 0 Å². The topological polar surface area (TPSA) is 220 Å². The van der Waals surface area contributed by atoms with Gasteiger partial charge in [0.1, 0.15) is 57.1 Å². The molecule has 0 saturated heterocycles. The number of nitrogens with zero attached hydrogens (tertiary/aromatic N) is 4. The number of aliphatic hydroxyl groups is 2. The number of hydrogen-bond acceptors (Lipinski definition) is 10. The van der Waals surface area contributed by atoms with E-state index in [0.29, 0.717) is 59.4 Å². The molecule has 0 spiro atoms. The number of aromatic nitrogens is 4. The smallest absolute Gasteiger partial charge is 0.258 e. The Labute approximate surface area is 287 Å². The van der Waals surface area contributed by atoms with Crippen molar-refractivity contribution in [1.82, 2.24) is 29.7 Å². The number of carbonyl (C=O) groups excluding carboxylic acids is 2. The Hall–Kier alpha value is -5.70. The zero-order valence-corrected chi connectivity index (χ0v) is 28.4. The quantitative estimate of drug-likeness (QED) is 0.165. The fourth-order valence-electron chi connectivity index (χ4n) is 5.63. The molecular weight excluding hydrogens is 640 g/mol. The highest BCUT2D eigenvalue weighted by Gasteiger charge is 2.32. The predicted octanol–water partition coefficient (Wildman–Crippen LogP) is 1.11. The average Bonchev–Trinajstić information content (AvgIpc) is 3.95. The summed E-state index contributed by atoms with van der Waals surface area (Å²) in [5.41, 5.74) is 11.7. The number of hydrogen-bond donors (Lipinski definition) is 6. The largest absolute Gasteiger partial charge is 0.384 e. The summed E-state index contributed by atoms with van der Waals surface area (Å²) in [5.74, 6) is 10.7. The van der Waals surface area contributed by atoms with E-state index in [1.807, 2.05) is 13.8 Å². The van der Waals surface area contributed by atoms with Gasteiger partial charge in [0.15, 0.2) is 0 Å². The Morgan fingerprint density at radius 2 is 1.34 bits per heavy atom. The van der Waals surface area contributed by atoms with E-state index in [2.05, 4.69) is 44.3 Å². The third kappa shape index (κ3) is 6.89. The number of aryl methyl sites for hydroxylation is 2. The van der Waals surface area contributed by atoms with E-state index in [1.54, 1.807) is 33.4 Å². The second-order valence-corrected chi connectivity index (χ2v) is 12.1. The molecule has 2 fully saturated rings. The summed E-state index contributed by atoms with van der Waals surface area (Å²) in [4.78, 5) is 58.1. The molecule has 4 aromatic rings. The molecule has 4 heterocycles. The van der Waals surface area contributed by atoms with E-state index in [-0.39, 0.29) is 28.7 Å². The maximum Gasteiger partial charge on any atom is 0.258 e. The summed E-state index contributed by atoms with van der Waals surface area (Å²) in [6, 6.07) is 6.41. The molecule has 50 heavy (non-hydrogen) atoms. The van der Waals surface area contributed by atoms with E-state index < -0.39 is 34.4 Å². The summed E-state index contributed by atoms with van der Waals surface area (Å²) < 4.78 is 3.23. The van der Waals surface area contributed by atoms with Crippen molar-refractivity contribution in [2.75, 3.05) is 25.6 Å². The number of carbonyl (C=O) groups is 2. The minimum absolute atomic E-state index is 0.0783. The van der Waals surface area contributed by atoms with Gasteiger partial charge in [-0.25, -0.2) is 9.97 Å². The highest BCUT2D eigenvalue weighted by Crippen LogP contribution is 2.32. The first kappa shape index (κ1) is 35.6. The van der Waals surface area contributed by atoms with Crippen LogP contribution in [0, 0.1) is 29.6 Å². The van der Waals surface area contributed by atoms with Gasteiger partial charge in [0.25, 0.3) is 11.8 Å². The first-order chi connectivity index (χ1) is 23.9. The van der Waals surface area contributed by atoms with Gasteiger partial charge in [-0.1, -0.05) is 11.8 Å². The van der Waals surface area contributed by atoms with Gasteiger partial charge in [-0.2, -0.15) is 0 Å². The van der Waals surface area contributed by atoms with Crippen molar-refractivity contribution in [1.29, 1.82) is 0 Å². The number of pyridine rings is 4. The molecule has 2 aliphatic rings. The van der Waals surface area contributed by atoms with E-state index in [1.165, 1.54) is 14.1 Å². The molecule has 0 bridgehead atoms. The first-order valence-electron chi connectivity index (χ1n) is 16.4. The molecule has 0 aliphatic heterocycles. The van der Waals surface area contributed by atoms with Gasteiger partial charge in [-0.3, -0.25) is 19.2 Å². The number of nitrogens with two attached hydrogens (primary N) is 2. The van der Waals surface area contributed by atoms with Gasteiger partial charge >= 0.3 is 0 Å². The number of anilines is 2. The van der Waals surface area contributed by atoms with Crippen LogP contribution in [0.25, 0.3) is 22.1 Å². The van der Waals surface area contributed by atoms with Gasteiger partial charge in [0.2, 0.25) is 10.9 Å². The molecule has 6 rings (SSSR count). The number of rotatable bonds is 5. The molecule has 260 valence electrons. The van der Waals surface area contributed by atoms with Crippen LogP contribution in [0.4, 0.5) is 11.6 Å². The fourth-order valence-corrected chi connectivity index (χ4v) is 5.63. The van der Waals surface area contributed by atoms with Crippen LogP contribution in [0.15, 0.2) is 33.9 Å². The maximum absolute atomic E-state index is 12.6. The summed E-state index contributed by atoms with van der Waals surface area (Å²) in [6.45, 7) is 4.59. The van der Waals surface area contributed by atoms with Crippen molar-refractivity contribution >= 4 is 45.5 Å². The summed E-state index contributed by atoms with van der Waals surface area (Å²) in [6.07, 6.45) is 3.63. The van der Waals surface area contributed by atoms with Crippen LogP contribution in [0.3, 0.4) is 0 Å². The molecule has 0 aromatic carbocycles. The summed E-state index contributed by atoms with van der Waals surface area (Å²) in [5, 5.41) is 25.4. The minimum atomic E-state index is -0.927. The maximum atomic E-state index is 12.6. The summed E-state index contributed by atoms with van der Waals surface area (Å²) >= 11 is 0. The van der Waals surface area contributed by atoms with Crippen molar-refractivity contribution in [2.45, 2.75) is 70.7 Å². The van der Waals surface area contributed by atoms with Crippen molar-refractivity contribution in [2.24, 2.45) is 5.92 Å². The number of fused-ring (bicyclic) bond motifs is 2. The Balaban J connectivity index is 0.000000194. The molecule has 2 amide bonds. The standard InChI is InChI=1S/2C18H20N4O3/c1-3-22-15(19)13(17(24)20-2)14(23)12-6-5-11(21-16(12)22)7-10-18(25)8-4-9-18;1-3-22-16(19)14(18(25)20-2)15(24)12-8-6-11(21-17(12)22)7-9-13(23)10-4-5-10/h5-6,25H,3-4,8-9,19H2,1-2H3,(H,20,24);6,8,10,13,23H,3-5,19H2,1-2H3,(H,20,25). The average molecular weight is 681 g/mol. The Morgan fingerprint density at radius 3 is 1.72 bits per heavy atom. The highest BCUT2D eigenvalue weighted by atomic mass is 16.3. The Morgan fingerprint density at radius 1 is 0.880 bits per heavy atom. The van der Waals surface area contributed by atoms with Gasteiger partial charge in [-0.05, 0) is 88.0 Å².